The van der Waals surface area contributed by atoms with Crippen LogP contribution < -0.4 is 0 Å². The SMILES string of the molecule is CC/C=C\C/C=C\C/C=C\C/C=C\C/C=C\C/C=C\C/C=C\CCCCCCCCCCCC(=O)OCC(COC(=O)CCCCCCC)OC(=O)CCCCCCCCC/C=C\CCCCCCCC. The third kappa shape index (κ3) is 57.1. The molecule has 0 aliphatic heterocycles. The summed E-state index contributed by atoms with van der Waals surface area (Å²) >= 11 is 0. The summed E-state index contributed by atoms with van der Waals surface area (Å²) in [6.45, 7) is 6.44. The van der Waals surface area contributed by atoms with Crippen LogP contribution in [0, 0.1) is 0 Å². The Labute approximate surface area is 438 Å². The Kier molecular flexibility index (Phi) is 55.9. The molecule has 0 rings (SSSR count). The van der Waals surface area contributed by atoms with E-state index in [-0.39, 0.29) is 31.1 Å². The summed E-state index contributed by atoms with van der Waals surface area (Å²) in [5.74, 6) is -0.901. The van der Waals surface area contributed by atoms with E-state index in [1.54, 1.807) is 0 Å². The van der Waals surface area contributed by atoms with E-state index >= 15 is 0 Å². The van der Waals surface area contributed by atoms with E-state index < -0.39 is 6.10 Å². The number of carbonyl (C=O) groups excluding carboxylic acids is 3. The van der Waals surface area contributed by atoms with Gasteiger partial charge in [0.05, 0.1) is 0 Å². The Morgan fingerprint density at radius 2 is 0.549 bits per heavy atom. The monoisotopic (exact) mass is 987 g/mol. The molecule has 0 aliphatic rings. The highest BCUT2D eigenvalue weighted by molar-refractivity contribution is 5.71. The number of carbonyl (C=O) groups is 3. The highest BCUT2D eigenvalue weighted by Crippen LogP contribution is 2.15. The van der Waals surface area contributed by atoms with Crippen LogP contribution in [0.3, 0.4) is 0 Å². The fourth-order valence-electron chi connectivity index (χ4n) is 8.12. The van der Waals surface area contributed by atoms with Crippen molar-refractivity contribution in [2.24, 2.45) is 0 Å². The van der Waals surface area contributed by atoms with Crippen molar-refractivity contribution in [3.63, 3.8) is 0 Å². The number of hydrogen-bond acceptors (Lipinski definition) is 6. The maximum Gasteiger partial charge on any atom is 0.306 e. The molecule has 0 fully saturated rings. The summed E-state index contributed by atoms with van der Waals surface area (Å²) in [6, 6.07) is 0. The standard InChI is InChI=1S/C65H110O6/c1-4-7-10-13-15-17-19-21-23-25-26-27-28-29-30-31-32-33-34-35-36-37-38-40-41-43-45-47-49-52-55-58-64(67)70-61-62(60-69-63(66)57-54-51-12-9-6-3)71-65(68)59-56-53-50-48-46-44-42-39-24-22-20-18-16-14-11-8-5-2/h7,10,15,17,21-24,26-27,29-30,32-33,35-36,62H,4-6,8-9,11-14,16,18-20,25,28,31,34,37-61H2,1-3H3/b10-7-,17-15-,23-21-,24-22-,27-26-,30-29-,33-32-,36-35-. The van der Waals surface area contributed by atoms with E-state index in [1.807, 2.05) is 0 Å². The molecule has 71 heavy (non-hydrogen) atoms. The molecule has 6 heteroatoms. The summed E-state index contributed by atoms with van der Waals surface area (Å²) in [4.78, 5) is 37.8. The number of hydrogen-bond donors (Lipinski definition) is 0. The molecule has 0 aromatic heterocycles. The van der Waals surface area contributed by atoms with Crippen molar-refractivity contribution in [2.75, 3.05) is 13.2 Å². The van der Waals surface area contributed by atoms with E-state index in [9.17, 15) is 14.4 Å². The molecule has 6 nitrogen and oxygen atoms in total. The van der Waals surface area contributed by atoms with Gasteiger partial charge in [-0.05, 0) is 103 Å². The molecule has 1 atom stereocenters. The molecule has 0 aromatic rings. The minimum absolute atomic E-state index is 0.0805. The first-order valence-electron chi connectivity index (χ1n) is 29.7. The van der Waals surface area contributed by atoms with Gasteiger partial charge in [-0.2, -0.15) is 0 Å². The number of esters is 3. The molecule has 0 aromatic carbocycles. The number of allylic oxidation sites excluding steroid dienone is 16. The van der Waals surface area contributed by atoms with Gasteiger partial charge in [-0.3, -0.25) is 14.4 Å². The second-order valence-corrected chi connectivity index (χ2v) is 19.5. The molecule has 0 spiro atoms. The van der Waals surface area contributed by atoms with Gasteiger partial charge in [0.15, 0.2) is 6.10 Å². The smallest absolute Gasteiger partial charge is 0.306 e. The van der Waals surface area contributed by atoms with Gasteiger partial charge >= 0.3 is 17.9 Å². The lowest BCUT2D eigenvalue weighted by Crippen LogP contribution is -2.30. The van der Waals surface area contributed by atoms with Crippen molar-refractivity contribution in [3.8, 4) is 0 Å². The second-order valence-electron chi connectivity index (χ2n) is 19.5. The van der Waals surface area contributed by atoms with Gasteiger partial charge in [-0.1, -0.05) is 253 Å². The Hall–Kier alpha value is -3.67. The van der Waals surface area contributed by atoms with Crippen LogP contribution in [0.2, 0.25) is 0 Å². The van der Waals surface area contributed by atoms with Crippen LogP contribution in [0.25, 0.3) is 0 Å². The normalized spacial score (nSPS) is 12.8. The van der Waals surface area contributed by atoms with Crippen LogP contribution >= 0.6 is 0 Å². The van der Waals surface area contributed by atoms with Gasteiger partial charge < -0.3 is 14.2 Å². The zero-order chi connectivity index (χ0) is 51.4. The zero-order valence-electron chi connectivity index (χ0n) is 46.5. The van der Waals surface area contributed by atoms with E-state index in [2.05, 4.69) is 118 Å². The van der Waals surface area contributed by atoms with E-state index in [0.717, 1.165) is 116 Å². The summed E-state index contributed by atoms with van der Waals surface area (Å²) in [5, 5.41) is 0. The number of rotatable bonds is 53. The molecule has 1 unspecified atom stereocenters. The van der Waals surface area contributed by atoms with Gasteiger partial charge in [-0.15, -0.1) is 0 Å². The lowest BCUT2D eigenvalue weighted by Gasteiger charge is -2.18. The van der Waals surface area contributed by atoms with Gasteiger partial charge in [0.25, 0.3) is 0 Å². The van der Waals surface area contributed by atoms with Crippen molar-refractivity contribution < 1.29 is 28.6 Å². The van der Waals surface area contributed by atoms with Crippen molar-refractivity contribution in [2.45, 2.75) is 284 Å². The van der Waals surface area contributed by atoms with Crippen LogP contribution in [-0.2, 0) is 28.6 Å². The molecule has 0 heterocycles. The zero-order valence-corrected chi connectivity index (χ0v) is 46.5. The molecule has 0 N–H and O–H groups in total. The highest BCUT2D eigenvalue weighted by Gasteiger charge is 2.19. The predicted octanol–water partition coefficient (Wildman–Crippen LogP) is 20.1. The van der Waals surface area contributed by atoms with E-state index in [4.69, 9.17) is 14.2 Å². The highest BCUT2D eigenvalue weighted by atomic mass is 16.6. The largest absolute Gasteiger partial charge is 0.462 e. The third-order valence-corrected chi connectivity index (χ3v) is 12.6. The molecule has 0 aliphatic carbocycles. The molecule has 0 amide bonds. The third-order valence-electron chi connectivity index (χ3n) is 12.6. The topological polar surface area (TPSA) is 78.9 Å². The van der Waals surface area contributed by atoms with E-state index in [0.29, 0.717) is 19.3 Å². The predicted molar refractivity (Wildman–Crippen MR) is 307 cm³/mol. The Morgan fingerprint density at radius 1 is 0.296 bits per heavy atom. The maximum absolute atomic E-state index is 12.8. The van der Waals surface area contributed by atoms with Crippen molar-refractivity contribution in [3.05, 3.63) is 97.2 Å². The van der Waals surface area contributed by atoms with Gasteiger partial charge in [0.1, 0.15) is 13.2 Å². The summed E-state index contributed by atoms with van der Waals surface area (Å²) < 4.78 is 16.7. The van der Waals surface area contributed by atoms with Gasteiger partial charge in [0, 0.05) is 19.3 Å². The second kappa shape index (κ2) is 58.9. The fraction of sp³-hybridized carbons (Fsp3) is 0.708. The minimum Gasteiger partial charge on any atom is -0.462 e. The lowest BCUT2D eigenvalue weighted by atomic mass is 10.1. The molecular formula is C65H110O6. The van der Waals surface area contributed by atoms with E-state index in [1.165, 1.54) is 122 Å². The van der Waals surface area contributed by atoms with Crippen molar-refractivity contribution in [1.82, 2.24) is 0 Å². The molecule has 406 valence electrons. The maximum atomic E-state index is 12.8. The van der Waals surface area contributed by atoms with Gasteiger partial charge in [0.2, 0.25) is 0 Å². The first kappa shape index (κ1) is 67.3. The molecule has 0 radical (unpaired) electrons. The van der Waals surface area contributed by atoms with Crippen molar-refractivity contribution >= 4 is 17.9 Å². The van der Waals surface area contributed by atoms with Gasteiger partial charge in [-0.25, -0.2) is 0 Å². The Bertz CT molecular complexity index is 1410. The average Bonchev–Trinajstić information content (AvgIpc) is 3.37. The number of unbranched alkanes of at least 4 members (excludes halogenated alkanes) is 26. The molecule has 0 saturated heterocycles. The van der Waals surface area contributed by atoms with Crippen LogP contribution in [0.1, 0.15) is 278 Å². The van der Waals surface area contributed by atoms with Crippen LogP contribution in [-0.4, -0.2) is 37.2 Å². The Morgan fingerprint density at radius 3 is 0.873 bits per heavy atom. The molecular weight excluding hydrogens is 877 g/mol. The fourth-order valence-corrected chi connectivity index (χ4v) is 8.12. The quantitative estimate of drug-likeness (QED) is 0.0261. The minimum atomic E-state index is -0.778. The lowest BCUT2D eigenvalue weighted by molar-refractivity contribution is -0.167. The summed E-state index contributed by atoms with van der Waals surface area (Å²) in [7, 11) is 0. The summed E-state index contributed by atoms with van der Waals surface area (Å²) in [5.41, 5.74) is 0. The average molecular weight is 988 g/mol. The van der Waals surface area contributed by atoms with Crippen LogP contribution in [0.15, 0.2) is 97.2 Å². The van der Waals surface area contributed by atoms with Crippen LogP contribution in [0.4, 0.5) is 0 Å². The summed E-state index contributed by atoms with van der Waals surface area (Å²) in [6.07, 6.45) is 78.8. The van der Waals surface area contributed by atoms with Crippen molar-refractivity contribution in [1.29, 1.82) is 0 Å². The first-order chi connectivity index (χ1) is 35.0. The Balaban J connectivity index is 4.07. The number of ether oxygens (including phenoxy) is 3. The molecule has 0 bridgehead atoms. The molecule has 0 saturated carbocycles. The van der Waals surface area contributed by atoms with Crippen LogP contribution in [0.5, 0.6) is 0 Å². The first-order valence-corrected chi connectivity index (χ1v) is 29.7.